The molecule has 0 bridgehead atoms. The minimum Gasteiger partial charge on any atom is -0.287 e. The zero-order valence-corrected chi connectivity index (χ0v) is 14.4. The second-order valence-electron chi connectivity index (χ2n) is 4.93. The van der Waals surface area contributed by atoms with E-state index in [2.05, 4.69) is 21.4 Å². The molecule has 6 heteroatoms. The summed E-state index contributed by atoms with van der Waals surface area (Å²) in [5.41, 5.74) is 5.42. The Morgan fingerprint density at radius 1 is 1.09 bits per heavy atom. The van der Waals surface area contributed by atoms with Crippen LogP contribution in [0.5, 0.6) is 0 Å². The molecule has 1 N–H and O–H groups in total. The summed E-state index contributed by atoms with van der Waals surface area (Å²) in [4.78, 5) is 24.4. The second kappa shape index (κ2) is 7.02. The van der Waals surface area contributed by atoms with E-state index >= 15 is 0 Å². The zero-order valence-electron chi connectivity index (χ0n) is 12.0. The minimum absolute atomic E-state index is 0.174. The fraction of sp³-hybridized carbons (Fsp3) is 0.0588. The van der Waals surface area contributed by atoms with Crippen LogP contribution in [0.3, 0.4) is 0 Å². The van der Waals surface area contributed by atoms with Crippen molar-refractivity contribution in [3.63, 3.8) is 0 Å². The standard InChI is InChI=1S/C17H13BrN2O2S/c18-14-8-6-13(7-9-14)15-11-23-17(22)20(19-15)16(21)10-12-4-2-1-3-5-12/h1-9,11,19H,10H2. The van der Waals surface area contributed by atoms with Crippen LogP contribution in [-0.4, -0.2) is 16.2 Å². The van der Waals surface area contributed by atoms with E-state index in [9.17, 15) is 9.59 Å². The highest BCUT2D eigenvalue weighted by Crippen LogP contribution is 2.25. The maximum absolute atomic E-state index is 12.4. The highest BCUT2D eigenvalue weighted by Gasteiger charge is 2.26. The van der Waals surface area contributed by atoms with Crippen LogP contribution < -0.4 is 5.43 Å². The largest absolute Gasteiger partial charge is 0.311 e. The van der Waals surface area contributed by atoms with E-state index in [-0.39, 0.29) is 17.6 Å². The Bertz CT molecular complexity index is 760. The lowest BCUT2D eigenvalue weighted by molar-refractivity contribution is -0.128. The van der Waals surface area contributed by atoms with Crippen LogP contribution in [0.15, 0.2) is 64.5 Å². The van der Waals surface area contributed by atoms with Gasteiger partial charge < -0.3 is 0 Å². The first kappa shape index (κ1) is 15.8. The molecule has 0 unspecified atom stereocenters. The molecule has 0 saturated heterocycles. The summed E-state index contributed by atoms with van der Waals surface area (Å²) < 4.78 is 0.971. The predicted octanol–water partition coefficient (Wildman–Crippen LogP) is 4.19. The van der Waals surface area contributed by atoms with Crippen LogP contribution in [0.25, 0.3) is 5.70 Å². The summed E-state index contributed by atoms with van der Waals surface area (Å²) in [6.07, 6.45) is 0.174. The number of benzene rings is 2. The first-order valence-corrected chi connectivity index (χ1v) is 8.61. The van der Waals surface area contributed by atoms with Crippen LogP contribution >= 0.6 is 27.7 Å². The van der Waals surface area contributed by atoms with Gasteiger partial charge in [0.15, 0.2) is 0 Å². The van der Waals surface area contributed by atoms with E-state index in [1.807, 2.05) is 54.6 Å². The van der Waals surface area contributed by atoms with Crippen molar-refractivity contribution in [2.75, 3.05) is 0 Å². The molecule has 1 heterocycles. The van der Waals surface area contributed by atoms with Gasteiger partial charge in [0, 0.05) is 15.4 Å². The number of imide groups is 1. The average Bonchev–Trinajstić information content (AvgIpc) is 2.57. The van der Waals surface area contributed by atoms with Gasteiger partial charge in [-0.1, -0.05) is 58.4 Å². The molecule has 2 aromatic carbocycles. The molecular formula is C17H13BrN2O2S. The smallest absolute Gasteiger partial charge is 0.287 e. The van der Waals surface area contributed by atoms with Crippen molar-refractivity contribution in [3.8, 4) is 0 Å². The number of hydrazine groups is 1. The number of carbonyl (C=O) groups is 2. The first-order chi connectivity index (χ1) is 11.1. The highest BCUT2D eigenvalue weighted by molar-refractivity contribution is 9.10. The summed E-state index contributed by atoms with van der Waals surface area (Å²) >= 11 is 4.39. The van der Waals surface area contributed by atoms with E-state index in [0.29, 0.717) is 0 Å². The summed E-state index contributed by atoms with van der Waals surface area (Å²) in [5, 5.41) is 2.47. The second-order valence-corrected chi connectivity index (χ2v) is 6.66. The summed E-state index contributed by atoms with van der Waals surface area (Å²) in [6, 6.07) is 17.0. The summed E-state index contributed by atoms with van der Waals surface area (Å²) in [6.45, 7) is 0. The number of nitrogens with one attached hydrogen (secondary N) is 1. The lowest BCUT2D eigenvalue weighted by Crippen LogP contribution is -2.46. The Morgan fingerprint density at radius 2 is 1.78 bits per heavy atom. The lowest BCUT2D eigenvalue weighted by Gasteiger charge is -2.26. The SMILES string of the molecule is O=C(Cc1ccccc1)N1NC(c2ccc(Br)cc2)=CSC1=O. The van der Waals surface area contributed by atoms with Gasteiger partial charge in [-0.15, -0.1) is 0 Å². The molecule has 0 atom stereocenters. The molecule has 0 spiro atoms. The molecule has 1 aliphatic heterocycles. The molecule has 0 radical (unpaired) electrons. The number of thioether (sulfide) groups is 1. The van der Waals surface area contributed by atoms with Gasteiger partial charge in [-0.05, 0) is 29.5 Å². The third-order valence-electron chi connectivity index (χ3n) is 3.30. The maximum Gasteiger partial charge on any atom is 0.311 e. The van der Waals surface area contributed by atoms with Crippen molar-refractivity contribution in [2.45, 2.75) is 6.42 Å². The van der Waals surface area contributed by atoms with Gasteiger partial charge >= 0.3 is 5.24 Å². The van der Waals surface area contributed by atoms with Crippen molar-refractivity contribution in [2.24, 2.45) is 0 Å². The minimum atomic E-state index is -0.327. The Kier molecular flexibility index (Phi) is 4.83. The van der Waals surface area contributed by atoms with Crippen LogP contribution in [0, 0.1) is 0 Å². The topological polar surface area (TPSA) is 49.4 Å². The van der Waals surface area contributed by atoms with E-state index in [1.165, 1.54) is 0 Å². The van der Waals surface area contributed by atoms with Gasteiger partial charge in [-0.3, -0.25) is 15.0 Å². The van der Waals surface area contributed by atoms with E-state index in [4.69, 9.17) is 0 Å². The fourth-order valence-electron chi connectivity index (χ4n) is 2.13. The molecule has 3 rings (SSSR count). The first-order valence-electron chi connectivity index (χ1n) is 6.94. The monoisotopic (exact) mass is 388 g/mol. The number of rotatable bonds is 3. The quantitative estimate of drug-likeness (QED) is 0.856. The fourth-order valence-corrected chi connectivity index (χ4v) is 3.05. The normalized spacial score (nSPS) is 14.2. The van der Waals surface area contributed by atoms with E-state index in [0.717, 1.165) is 38.1 Å². The van der Waals surface area contributed by atoms with Gasteiger partial charge in [0.05, 0.1) is 12.1 Å². The molecule has 0 fully saturated rings. The molecule has 2 amide bonds. The molecule has 2 aromatic rings. The molecule has 0 aliphatic carbocycles. The van der Waals surface area contributed by atoms with Crippen LogP contribution in [0.1, 0.15) is 11.1 Å². The number of carbonyl (C=O) groups excluding carboxylic acids is 2. The van der Waals surface area contributed by atoms with Crippen molar-refractivity contribution in [1.82, 2.24) is 10.4 Å². The van der Waals surface area contributed by atoms with Crippen molar-refractivity contribution in [1.29, 1.82) is 0 Å². The van der Waals surface area contributed by atoms with Gasteiger partial charge in [-0.2, -0.15) is 5.01 Å². The Balaban J connectivity index is 1.75. The third kappa shape index (κ3) is 3.83. The van der Waals surface area contributed by atoms with Gasteiger partial charge in [-0.25, -0.2) is 0 Å². The van der Waals surface area contributed by atoms with Crippen molar-refractivity contribution >= 4 is 44.5 Å². The summed E-state index contributed by atoms with van der Waals surface area (Å²) in [7, 11) is 0. The average molecular weight is 389 g/mol. The number of nitrogens with zero attached hydrogens (tertiary/aromatic N) is 1. The van der Waals surface area contributed by atoms with E-state index < -0.39 is 0 Å². The van der Waals surface area contributed by atoms with Gasteiger partial charge in [0.1, 0.15) is 0 Å². The molecule has 4 nitrogen and oxygen atoms in total. The summed E-state index contributed by atoms with van der Waals surface area (Å²) in [5.74, 6) is -0.281. The van der Waals surface area contributed by atoms with Crippen molar-refractivity contribution in [3.05, 3.63) is 75.6 Å². The zero-order chi connectivity index (χ0) is 16.2. The predicted molar refractivity (Wildman–Crippen MR) is 95.2 cm³/mol. The third-order valence-corrected chi connectivity index (χ3v) is 4.56. The van der Waals surface area contributed by atoms with Crippen LogP contribution in [0.2, 0.25) is 0 Å². The lowest BCUT2D eigenvalue weighted by atomic mass is 10.1. The van der Waals surface area contributed by atoms with E-state index in [1.54, 1.807) is 5.41 Å². The Labute approximate surface area is 146 Å². The highest BCUT2D eigenvalue weighted by atomic mass is 79.9. The molecule has 23 heavy (non-hydrogen) atoms. The van der Waals surface area contributed by atoms with Crippen LogP contribution in [-0.2, 0) is 11.2 Å². The number of hydrogen-bond donors (Lipinski definition) is 1. The molecule has 0 saturated carbocycles. The molecular weight excluding hydrogens is 376 g/mol. The van der Waals surface area contributed by atoms with Gasteiger partial charge in [0.2, 0.25) is 0 Å². The van der Waals surface area contributed by atoms with Gasteiger partial charge in [0.25, 0.3) is 5.91 Å². The Morgan fingerprint density at radius 3 is 2.48 bits per heavy atom. The Hall–Kier alpha value is -2.05. The number of amides is 2. The maximum atomic E-state index is 12.4. The molecule has 116 valence electrons. The number of halogens is 1. The number of hydrogen-bond acceptors (Lipinski definition) is 4. The van der Waals surface area contributed by atoms with Crippen LogP contribution in [0.4, 0.5) is 4.79 Å². The molecule has 0 aromatic heterocycles. The van der Waals surface area contributed by atoms with Crippen molar-refractivity contribution < 1.29 is 9.59 Å². The molecule has 1 aliphatic rings.